The van der Waals surface area contributed by atoms with Crippen molar-refractivity contribution < 1.29 is 9.47 Å². The van der Waals surface area contributed by atoms with Crippen LogP contribution in [0.4, 0.5) is 0 Å². The van der Waals surface area contributed by atoms with Gasteiger partial charge < -0.3 is 14.8 Å². The van der Waals surface area contributed by atoms with Crippen LogP contribution in [0.15, 0.2) is 0 Å². The van der Waals surface area contributed by atoms with Gasteiger partial charge >= 0.3 is 6.01 Å². The second-order valence-electron chi connectivity index (χ2n) is 2.75. The Balaban J connectivity index is 0.000000980. The Bertz CT molecular complexity index is 333. The number of aromatic nitrogens is 2. The molecule has 0 aliphatic carbocycles. The van der Waals surface area contributed by atoms with Crippen LogP contribution in [0, 0.1) is 0 Å². The first-order valence-electron chi connectivity index (χ1n) is 4.03. The molecule has 0 atom stereocenters. The number of nitrogens with one attached hydrogen (secondary N) is 1. The Morgan fingerprint density at radius 3 is 2.57 bits per heavy atom. The summed E-state index contributed by atoms with van der Waals surface area (Å²) in [6.07, 6.45) is 0. The molecule has 0 unspecified atom stereocenters. The molecule has 0 amide bonds. The smallest absolute Gasteiger partial charge is 0.319 e. The summed E-state index contributed by atoms with van der Waals surface area (Å²) < 4.78 is 10.1. The molecule has 0 aromatic carbocycles. The van der Waals surface area contributed by atoms with Crippen molar-refractivity contribution in [2.75, 3.05) is 14.2 Å². The van der Waals surface area contributed by atoms with E-state index in [1.54, 1.807) is 14.2 Å². The van der Waals surface area contributed by atoms with Crippen LogP contribution in [0.25, 0.3) is 0 Å². The highest BCUT2D eigenvalue weighted by atomic mass is 35.5. The molecule has 0 saturated carbocycles. The van der Waals surface area contributed by atoms with Crippen LogP contribution in [-0.4, -0.2) is 24.2 Å². The first-order chi connectivity index (χ1) is 6.35. The lowest BCUT2D eigenvalue weighted by molar-refractivity contribution is 0.348. The van der Waals surface area contributed by atoms with Gasteiger partial charge in [-0.2, -0.15) is 9.97 Å². The molecular weight excluding hydrogens is 206 g/mol. The van der Waals surface area contributed by atoms with E-state index >= 15 is 0 Å². The molecule has 0 saturated heterocycles. The van der Waals surface area contributed by atoms with Crippen LogP contribution >= 0.6 is 12.4 Å². The van der Waals surface area contributed by atoms with Crippen LogP contribution in [0.1, 0.15) is 11.3 Å². The van der Waals surface area contributed by atoms with E-state index in [4.69, 9.17) is 9.47 Å². The maximum absolute atomic E-state index is 5.13. The number of fused-ring (bicyclic) bond motifs is 1. The highest BCUT2D eigenvalue weighted by Gasteiger charge is 2.19. The van der Waals surface area contributed by atoms with Gasteiger partial charge in [0.15, 0.2) is 0 Å². The molecule has 1 aliphatic rings. The van der Waals surface area contributed by atoms with Crippen molar-refractivity contribution in [3.63, 3.8) is 0 Å². The molecule has 2 heterocycles. The summed E-state index contributed by atoms with van der Waals surface area (Å²) in [5.74, 6) is 0.604. The Hall–Kier alpha value is -1.07. The SMILES string of the molecule is COc1nc2c(c(OC)n1)CNC2.Cl. The summed E-state index contributed by atoms with van der Waals surface area (Å²) in [5.41, 5.74) is 1.99. The number of rotatable bonds is 2. The van der Waals surface area contributed by atoms with Gasteiger partial charge in [0.1, 0.15) is 0 Å². The number of halogens is 1. The van der Waals surface area contributed by atoms with Gasteiger partial charge in [0.05, 0.1) is 25.5 Å². The van der Waals surface area contributed by atoms with Crippen molar-refractivity contribution in [2.24, 2.45) is 0 Å². The highest BCUT2D eigenvalue weighted by Crippen LogP contribution is 2.24. The van der Waals surface area contributed by atoms with Gasteiger partial charge in [-0.05, 0) is 0 Å². The third-order valence-corrected chi connectivity index (χ3v) is 2.00. The van der Waals surface area contributed by atoms with E-state index in [0.29, 0.717) is 11.9 Å². The Labute approximate surface area is 88.3 Å². The number of methoxy groups -OCH3 is 2. The lowest BCUT2D eigenvalue weighted by Crippen LogP contribution is -2.01. The minimum atomic E-state index is 0. The number of hydrogen-bond acceptors (Lipinski definition) is 5. The molecule has 0 fully saturated rings. The Kier molecular flexibility index (Phi) is 3.49. The second-order valence-corrected chi connectivity index (χ2v) is 2.75. The van der Waals surface area contributed by atoms with Gasteiger partial charge in [0, 0.05) is 13.1 Å². The van der Waals surface area contributed by atoms with Gasteiger partial charge in [0.2, 0.25) is 5.88 Å². The van der Waals surface area contributed by atoms with Crippen molar-refractivity contribution in [3.8, 4) is 11.9 Å². The van der Waals surface area contributed by atoms with Gasteiger partial charge in [-0.15, -0.1) is 12.4 Å². The third kappa shape index (κ3) is 1.73. The number of nitrogens with zero attached hydrogens (tertiary/aromatic N) is 2. The van der Waals surface area contributed by atoms with E-state index in [0.717, 1.165) is 24.3 Å². The van der Waals surface area contributed by atoms with E-state index in [1.807, 2.05) is 0 Å². The molecule has 0 bridgehead atoms. The van der Waals surface area contributed by atoms with E-state index in [-0.39, 0.29) is 12.4 Å². The average molecular weight is 218 g/mol. The monoisotopic (exact) mass is 217 g/mol. The van der Waals surface area contributed by atoms with Crippen molar-refractivity contribution in [3.05, 3.63) is 11.3 Å². The summed E-state index contributed by atoms with van der Waals surface area (Å²) in [5, 5.41) is 3.18. The molecule has 78 valence electrons. The molecule has 14 heavy (non-hydrogen) atoms. The van der Waals surface area contributed by atoms with Crippen molar-refractivity contribution >= 4 is 12.4 Å². The average Bonchev–Trinajstić information content (AvgIpc) is 2.63. The van der Waals surface area contributed by atoms with E-state index in [2.05, 4.69) is 15.3 Å². The van der Waals surface area contributed by atoms with Gasteiger partial charge in [0.25, 0.3) is 0 Å². The molecule has 0 radical (unpaired) electrons. The Morgan fingerprint density at radius 1 is 1.14 bits per heavy atom. The molecule has 0 spiro atoms. The minimum Gasteiger partial charge on any atom is -0.481 e. The van der Waals surface area contributed by atoms with E-state index in [9.17, 15) is 0 Å². The highest BCUT2D eigenvalue weighted by molar-refractivity contribution is 5.85. The van der Waals surface area contributed by atoms with Crippen LogP contribution in [-0.2, 0) is 13.1 Å². The third-order valence-electron chi connectivity index (χ3n) is 2.00. The van der Waals surface area contributed by atoms with E-state index in [1.165, 1.54) is 0 Å². The normalized spacial score (nSPS) is 13.0. The zero-order valence-corrected chi connectivity index (χ0v) is 8.85. The molecular formula is C8H12ClN3O2. The predicted molar refractivity (Wildman–Crippen MR) is 52.9 cm³/mol. The van der Waals surface area contributed by atoms with Gasteiger partial charge in [-0.25, -0.2) is 0 Å². The first kappa shape index (κ1) is 11.0. The number of ether oxygens (including phenoxy) is 2. The fraction of sp³-hybridized carbons (Fsp3) is 0.500. The van der Waals surface area contributed by atoms with Gasteiger partial charge in [-0.3, -0.25) is 0 Å². The molecule has 1 aromatic heterocycles. The zero-order chi connectivity index (χ0) is 9.26. The summed E-state index contributed by atoms with van der Waals surface area (Å²) >= 11 is 0. The summed E-state index contributed by atoms with van der Waals surface area (Å²) in [4.78, 5) is 8.29. The zero-order valence-electron chi connectivity index (χ0n) is 8.03. The standard InChI is InChI=1S/C8H11N3O2.ClH/c1-12-7-5-3-9-4-6(5)10-8(11-7)13-2;/h9H,3-4H2,1-2H3;1H. The van der Waals surface area contributed by atoms with Crippen molar-refractivity contribution in [1.29, 1.82) is 0 Å². The molecule has 1 aromatic rings. The maximum atomic E-state index is 5.13. The van der Waals surface area contributed by atoms with E-state index < -0.39 is 0 Å². The van der Waals surface area contributed by atoms with Crippen LogP contribution in [0.2, 0.25) is 0 Å². The van der Waals surface area contributed by atoms with Crippen molar-refractivity contribution in [1.82, 2.24) is 15.3 Å². The van der Waals surface area contributed by atoms with Crippen LogP contribution in [0.3, 0.4) is 0 Å². The molecule has 2 rings (SSSR count). The van der Waals surface area contributed by atoms with Gasteiger partial charge in [-0.1, -0.05) is 0 Å². The topological polar surface area (TPSA) is 56.3 Å². The molecule has 6 heteroatoms. The number of hydrogen-bond donors (Lipinski definition) is 1. The summed E-state index contributed by atoms with van der Waals surface area (Å²) in [7, 11) is 3.14. The Morgan fingerprint density at radius 2 is 1.93 bits per heavy atom. The lowest BCUT2D eigenvalue weighted by Gasteiger charge is -2.06. The second kappa shape index (κ2) is 4.43. The quantitative estimate of drug-likeness (QED) is 0.783. The van der Waals surface area contributed by atoms with Crippen LogP contribution in [0.5, 0.6) is 11.9 Å². The van der Waals surface area contributed by atoms with Crippen LogP contribution < -0.4 is 14.8 Å². The fourth-order valence-electron chi connectivity index (χ4n) is 1.38. The lowest BCUT2D eigenvalue weighted by atomic mass is 10.3. The van der Waals surface area contributed by atoms with Crippen molar-refractivity contribution in [2.45, 2.75) is 13.1 Å². The summed E-state index contributed by atoms with van der Waals surface area (Å²) in [6.45, 7) is 1.52. The fourth-order valence-corrected chi connectivity index (χ4v) is 1.38. The molecule has 1 aliphatic heterocycles. The molecule has 5 nitrogen and oxygen atoms in total. The summed E-state index contributed by atoms with van der Waals surface area (Å²) in [6, 6.07) is 0.360. The molecule has 1 N–H and O–H groups in total. The largest absolute Gasteiger partial charge is 0.481 e. The predicted octanol–water partition coefficient (Wildman–Crippen LogP) is 0.519. The maximum Gasteiger partial charge on any atom is 0.319 e. The minimum absolute atomic E-state index is 0. The first-order valence-corrected chi connectivity index (χ1v) is 4.03.